The van der Waals surface area contributed by atoms with E-state index in [4.69, 9.17) is 21.7 Å². The van der Waals surface area contributed by atoms with Crippen LogP contribution in [0.25, 0.3) is 0 Å². The van der Waals surface area contributed by atoms with Gasteiger partial charge >= 0.3 is 0 Å². The second kappa shape index (κ2) is 7.42. The highest BCUT2D eigenvalue weighted by Crippen LogP contribution is 2.25. The Labute approximate surface area is 141 Å². The van der Waals surface area contributed by atoms with Gasteiger partial charge in [-0.2, -0.15) is 0 Å². The van der Waals surface area contributed by atoms with Crippen LogP contribution in [0.15, 0.2) is 36.4 Å². The zero-order chi connectivity index (χ0) is 16.1. The molecule has 1 aliphatic carbocycles. The number of fused-ring (bicyclic) bond motifs is 1. The topological polar surface area (TPSA) is 43.4 Å². The number of aryl methyl sites for hydroxylation is 2. The average molecular weight is 328 g/mol. The molecule has 1 aromatic heterocycles. The van der Waals surface area contributed by atoms with Crippen molar-refractivity contribution in [2.75, 3.05) is 7.11 Å². The van der Waals surface area contributed by atoms with Gasteiger partial charge in [0.2, 0.25) is 5.88 Å². The summed E-state index contributed by atoms with van der Waals surface area (Å²) >= 11 is 5.26. The number of rotatable bonds is 4. The predicted octanol–water partition coefficient (Wildman–Crippen LogP) is 3.42. The van der Waals surface area contributed by atoms with Gasteiger partial charge in [0.05, 0.1) is 19.3 Å². The lowest BCUT2D eigenvalue weighted by Crippen LogP contribution is -2.26. The maximum absolute atomic E-state index is 5.72. The second-order valence-electron chi connectivity index (χ2n) is 5.55. The van der Waals surface area contributed by atoms with E-state index >= 15 is 0 Å². The molecule has 0 radical (unpaired) electrons. The minimum atomic E-state index is 0.352. The van der Waals surface area contributed by atoms with Gasteiger partial charge in [-0.05, 0) is 67.2 Å². The molecule has 1 aromatic carbocycles. The molecular formula is C18H20N2O2S. The lowest BCUT2D eigenvalue weighted by Gasteiger charge is -2.17. The summed E-state index contributed by atoms with van der Waals surface area (Å²) in [5.41, 5.74) is 3.66. The highest BCUT2D eigenvalue weighted by Gasteiger charge is 2.10. The number of nitrogens with one attached hydrogen (secondary N) is 1. The lowest BCUT2D eigenvalue weighted by molar-refractivity contribution is 0.396. The van der Waals surface area contributed by atoms with E-state index < -0.39 is 0 Å². The van der Waals surface area contributed by atoms with Gasteiger partial charge in [-0.25, -0.2) is 4.98 Å². The first kappa shape index (κ1) is 15.7. The molecule has 0 fully saturated rings. The Kier molecular flexibility index (Phi) is 5.08. The number of thiocarbonyl (C=S) groups is 1. The smallest absolute Gasteiger partial charge is 0.262 e. The molecule has 0 spiro atoms. The maximum atomic E-state index is 5.72. The van der Waals surface area contributed by atoms with Gasteiger partial charge in [-0.1, -0.05) is 12.1 Å². The van der Waals surface area contributed by atoms with Crippen LogP contribution < -0.4 is 14.8 Å². The molecule has 1 heterocycles. The van der Waals surface area contributed by atoms with Gasteiger partial charge in [0.25, 0.3) is 5.17 Å². The number of pyridine rings is 1. The fourth-order valence-corrected chi connectivity index (χ4v) is 2.92. The number of hydrogen-bond acceptors (Lipinski definition) is 4. The van der Waals surface area contributed by atoms with Crippen molar-refractivity contribution < 1.29 is 9.47 Å². The third-order valence-corrected chi connectivity index (χ3v) is 4.16. The summed E-state index contributed by atoms with van der Waals surface area (Å²) < 4.78 is 10.8. The summed E-state index contributed by atoms with van der Waals surface area (Å²) in [5.74, 6) is 1.38. The minimum absolute atomic E-state index is 0.352. The molecule has 5 heteroatoms. The largest absolute Gasteiger partial charge is 0.481 e. The van der Waals surface area contributed by atoms with Crippen molar-refractivity contribution >= 4 is 17.4 Å². The summed E-state index contributed by atoms with van der Waals surface area (Å²) in [7, 11) is 1.60. The van der Waals surface area contributed by atoms with Crippen LogP contribution in [-0.2, 0) is 19.4 Å². The third kappa shape index (κ3) is 4.20. The quantitative estimate of drug-likeness (QED) is 0.871. The Bertz CT molecular complexity index is 703. The zero-order valence-corrected chi connectivity index (χ0v) is 14.0. The molecule has 0 saturated carbocycles. The molecule has 120 valence electrons. The van der Waals surface area contributed by atoms with Crippen LogP contribution in [0.5, 0.6) is 11.6 Å². The molecule has 2 aromatic rings. The highest BCUT2D eigenvalue weighted by molar-refractivity contribution is 7.80. The first-order valence-electron chi connectivity index (χ1n) is 7.82. The molecule has 23 heavy (non-hydrogen) atoms. The molecule has 0 unspecified atom stereocenters. The summed E-state index contributed by atoms with van der Waals surface area (Å²) in [5, 5.41) is 3.42. The van der Waals surface area contributed by atoms with Crippen molar-refractivity contribution in [2.45, 2.75) is 32.2 Å². The van der Waals surface area contributed by atoms with Crippen molar-refractivity contribution in [1.82, 2.24) is 10.3 Å². The van der Waals surface area contributed by atoms with Gasteiger partial charge in [0, 0.05) is 6.07 Å². The number of nitrogens with zero attached hydrogens (tertiary/aromatic N) is 1. The first-order valence-corrected chi connectivity index (χ1v) is 8.23. The monoisotopic (exact) mass is 328 g/mol. The molecule has 3 rings (SSSR count). The van der Waals surface area contributed by atoms with E-state index in [1.165, 1.54) is 30.4 Å². The molecular weight excluding hydrogens is 308 g/mol. The SMILES string of the molecule is COc1cccc(CNC(=S)Oc2ccc3c(c2)CCCC3)n1. The Balaban J connectivity index is 1.56. The van der Waals surface area contributed by atoms with Crippen molar-refractivity contribution in [2.24, 2.45) is 0 Å². The second-order valence-corrected chi connectivity index (χ2v) is 5.92. The normalized spacial score (nSPS) is 13.1. The first-order chi connectivity index (χ1) is 11.2. The molecule has 0 atom stereocenters. The van der Waals surface area contributed by atoms with E-state index in [0.29, 0.717) is 17.6 Å². The Hall–Kier alpha value is -2.14. The number of ether oxygens (including phenoxy) is 2. The predicted molar refractivity (Wildman–Crippen MR) is 93.9 cm³/mol. The average Bonchev–Trinajstić information content (AvgIpc) is 2.60. The van der Waals surface area contributed by atoms with Crippen LogP contribution in [0.3, 0.4) is 0 Å². The van der Waals surface area contributed by atoms with E-state index in [1.807, 2.05) is 24.3 Å². The van der Waals surface area contributed by atoms with E-state index in [9.17, 15) is 0 Å². The van der Waals surface area contributed by atoms with Gasteiger partial charge in [0.1, 0.15) is 5.75 Å². The van der Waals surface area contributed by atoms with Crippen molar-refractivity contribution in [3.05, 3.63) is 53.2 Å². The Morgan fingerprint density at radius 2 is 2.00 bits per heavy atom. The van der Waals surface area contributed by atoms with Gasteiger partial charge in [-0.15, -0.1) is 0 Å². The van der Waals surface area contributed by atoms with Gasteiger partial charge in [-0.3, -0.25) is 0 Å². The fourth-order valence-electron chi connectivity index (χ4n) is 2.75. The van der Waals surface area contributed by atoms with Crippen molar-refractivity contribution in [3.8, 4) is 11.6 Å². The molecule has 1 N–H and O–H groups in total. The lowest BCUT2D eigenvalue weighted by atomic mass is 9.92. The molecule has 0 amide bonds. The molecule has 0 aliphatic heterocycles. The highest BCUT2D eigenvalue weighted by atomic mass is 32.1. The fraction of sp³-hybridized carbons (Fsp3) is 0.333. The van der Waals surface area contributed by atoms with Crippen LogP contribution >= 0.6 is 12.2 Å². The maximum Gasteiger partial charge on any atom is 0.262 e. The number of benzene rings is 1. The third-order valence-electron chi connectivity index (χ3n) is 3.93. The van der Waals surface area contributed by atoms with Crippen molar-refractivity contribution in [1.29, 1.82) is 0 Å². The van der Waals surface area contributed by atoms with Crippen LogP contribution in [0.1, 0.15) is 29.7 Å². The van der Waals surface area contributed by atoms with Gasteiger partial charge in [0.15, 0.2) is 0 Å². The van der Waals surface area contributed by atoms with E-state index in [0.717, 1.165) is 17.9 Å². The van der Waals surface area contributed by atoms with Crippen LogP contribution in [0.4, 0.5) is 0 Å². The van der Waals surface area contributed by atoms with E-state index in [-0.39, 0.29) is 0 Å². The molecule has 4 nitrogen and oxygen atoms in total. The van der Waals surface area contributed by atoms with Crippen LogP contribution in [-0.4, -0.2) is 17.3 Å². The Morgan fingerprint density at radius 1 is 1.17 bits per heavy atom. The number of hydrogen-bond donors (Lipinski definition) is 1. The van der Waals surface area contributed by atoms with Crippen LogP contribution in [0.2, 0.25) is 0 Å². The Morgan fingerprint density at radius 3 is 2.83 bits per heavy atom. The number of methoxy groups -OCH3 is 1. The summed E-state index contributed by atoms with van der Waals surface area (Å²) in [6.45, 7) is 0.501. The number of aromatic nitrogens is 1. The van der Waals surface area contributed by atoms with Crippen LogP contribution in [0, 0.1) is 0 Å². The van der Waals surface area contributed by atoms with E-state index in [2.05, 4.69) is 22.4 Å². The summed E-state index contributed by atoms with van der Waals surface area (Å²) in [6, 6.07) is 11.9. The summed E-state index contributed by atoms with van der Waals surface area (Å²) in [4.78, 5) is 4.33. The zero-order valence-electron chi connectivity index (χ0n) is 13.2. The standard InChI is InChI=1S/C18H20N2O2S/c1-21-17-8-4-7-15(20-17)12-19-18(23)22-16-10-9-13-5-2-3-6-14(13)11-16/h4,7-11H,2-3,5-6,12H2,1H3,(H,19,23). The summed E-state index contributed by atoms with van der Waals surface area (Å²) in [6.07, 6.45) is 4.82. The van der Waals surface area contributed by atoms with E-state index in [1.54, 1.807) is 7.11 Å². The minimum Gasteiger partial charge on any atom is -0.481 e. The van der Waals surface area contributed by atoms with Gasteiger partial charge < -0.3 is 14.8 Å². The van der Waals surface area contributed by atoms with Crippen molar-refractivity contribution in [3.63, 3.8) is 0 Å². The molecule has 0 bridgehead atoms. The molecule has 0 saturated heterocycles. The molecule has 1 aliphatic rings.